The Labute approximate surface area is 122 Å². The first-order valence-corrected chi connectivity index (χ1v) is 7.62. The van der Waals surface area contributed by atoms with Gasteiger partial charge in [0.1, 0.15) is 11.4 Å². The number of rotatable bonds is 7. The van der Waals surface area contributed by atoms with E-state index in [1.54, 1.807) is 12.1 Å². The normalized spacial score (nSPS) is 16.3. The molecule has 0 saturated heterocycles. The van der Waals surface area contributed by atoms with Gasteiger partial charge < -0.3 is 9.47 Å². The Bertz CT molecular complexity index is 373. The maximum atomic E-state index is 13.9. The van der Waals surface area contributed by atoms with Crippen LogP contribution < -0.4 is 0 Å². The molecule has 0 aliphatic heterocycles. The van der Waals surface area contributed by atoms with E-state index in [1.165, 1.54) is 6.07 Å². The fourth-order valence-corrected chi connectivity index (χ4v) is 2.41. The summed E-state index contributed by atoms with van der Waals surface area (Å²) in [4.78, 5) is 0. The molecule has 18 heavy (non-hydrogen) atoms. The molecule has 1 aromatic carbocycles. The molecule has 0 aliphatic carbocycles. The zero-order valence-corrected chi connectivity index (χ0v) is 13.2. The monoisotopic (exact) mass is 366 g/mol. The second-order valence-electron chi connectivity index (χ2n) is 4.43. The van der Waals surface area contributed by atoms with Crippen LogP contribution in [0.15, 0.2) is 24.3 Å². The van der Waals surface area contributed by atoms with E-state index in [0.717, 1.165) is 0 Å². The SMILES string of the molecule is CCOCC(C)OC(C)(CI)c1ccccc1F. The van der Waals surface area contributed by atoms with Gasteiger partial charge in [0.25, 0.3) is 0 Å². The Hall–Kier alpha value is -0.200. The molecule has 0 N–H and O–H groups in total. The highest BCUT2D eigenvalue weighted by Gasteiger charge is 2.31. The molecule has 0 heterocycles. The lowest BCUT2D eigenvalue weighted by atomic mass is 9.97. The first kappa shape index (κ1) is 15.9. The van der Waals surface area contributed by atoms with Crippen LogP contribution in [0.1, 0.15) is 26.3 Å². The second-order valence-corrected chi connectivity index (χ2v) is 5.20. The minimum atomic E-state index is -0.623. The molecular formula is C14H20FIO2. The molecule has 0 amide bonds. The first-order valence-electron chi connectivity index (χ1n) is 6.10. The zero-order valence-electron chi connectivity index (χ0n) is 11.1. The Morgan fingerprint density at radius 2 is 2.06 bits per heavy atom. The summed E-state index contributed by atoms with van der Waals surface area (Å²) in [5.74, 6) is -0.222. The zero-order chi connectivity index (χ0) is 13.6. The van der Waals surface area contributed by atoms with Gasteiger partial charge in [0, 0.05) is 16.6 Å². The number of halogens is 2. The van der Waals surface area contributed by atoms with Gasteiger partial charge in [-0.25, -0.2) is 4.39 Å². The number of benzene rings is 1. The van der Waals surface area contributed by atoms with Crippen LogP contribution in [0.25, 0.3) is 0 Å². The number of hydrogen-bond acceptors (Lipinski definition) is 2. The Morgan fingerprint density at radius 3 is 2.61 bits per heavy atom. The molecule has 2 unspecified atom stereocenters. The summed E-state index contributed by atoms with van der Waals surface area (Å²) >= 11 is 2.22. The van der Waals surface area contributed by atoms with Crippen molar-refractivity contribution in [2.24, 2.45) is 0 Å². The molecular weight excluding hydrogens is 346 g/mol. The van der Waals surface area contributed by atoms with Crippen molar-refractivity contribution in [3.63, 3.8) is 0 Å². The largest absolute Gasteiger partial charge is 0.379 e. The van der Waals surface area contributed by atoms with Gasteiger partial charge in [-0.3, -0.25) is 0 Å². The van der Waals surface area contributed by atoms with Crippen molar-refractivity contribution in [3.05, 3.63) is 35.6 Å². The molecule has 1 aromatic rings. The molecule has 0 fully saturated rings. The summed E-state index contributed by atoms with van der Waals surface area (Å²) in [5.41, 5.74) is -0.0228. The van der Waals surface area contributed by atoms with Crippen LogP contribution in [0.3, 0.4) is 0 Å². The maximum absolute atomic E-state index is 13.9. The van der Waals surface area contributed by atoms with Crippen LogP contribution in [-0.2, 0) is 15.1 Å². The van der Waals surface area contributed by atoms with Crippen LogP contribution in [0, 0.1) is 5.82 Å². The minimum Gasteiger partial charge on any atom is -0.379 e. The summed E-state index contributed by atoms with van der Waals surface area (Å²) < 4.78 is 25.9. The van der Waals surface area contributed by atoms with E-state index < -0.39 is 5.60 Å². The molecule has 4 heteroatoms. The van der Waals surface area contributed by atoms with Crippen LogP contribution in [0.4, 0.5) is 4.39 Å². The highest BCUT2D eigenvalue weighted by atomic mass is 127. The molecule has 0 aromatic heterocycles. The van der Waals surface area contributed by atoms with Gasteiger partial charge in [-0.1, -0.05) is 40.8 Å². The smallest absolute Gasteiger partial charge is 0.129 e. The molecule has 0 bridgehead atoms. The third-order valence-electron chi connectivity index (χ3n) is 2.72. The first-order chi connectivity index (χ1) is 8.53. The van der Waals surface area contributed by atoms with E-state index in [1.807, 2.05) is 26.8 Å². The molecule has 0 aliphatic rings. The lowest BCUT2D eigenvalue weighted by molar-refractivity contribution is -0.0936. The third kappa shape index (κ3) is 4.17. The fraction of sp³-hybridized carbons (Fsp3) is 0.571. The van der Waals surface area contributed by atoms with Crippen molar-refractivity contribution in [2.75, 3.05) is 17.6 Å². The lowest BCUT2D eigenvalue weighted by Gasteiger charge is -2.32. The summed E-state index contributed by atoms with van der Waals surface area (Å²) in [5, 5.41) is 0. The summed E-state index contributed by atoms with van der Waals surface area (Å²) in [6.45, 7) is 6.99. The van der Waals surface area contributed by atoms with Crippen LogP contribution in [-0.4, -0.2) is 23.7 Å². The van der Waals surface area contributed by atoms with Crippen molar-refractivity contribution in [1.82, 2.24) is 0 Å². The standard InChI is InChI=1S/C14H20FIO2/c1-4-17-9-11(2)18-14(3,10-16)12-7-5-6-8-13(12)15/h5-8,11H,4,9-10H2,1-3H3. The topological polar surface area (TPSA) is 18.5 Å². The van der Waals surface area contributed by atoms with Crippen molar-refractivity contribution >= 4 is 22.6 Å². The van der Waals surface area contributed by atoms with E-state index in [-0.39, 0.29) is 11.9 Å². The maximum Gasteiger partial charge on any atom is 0.129 e. The summed E-state index contributed by atoms with van der Waals surface area (Å²) in [6, 6.07) is 6.77. The summed E-state index contributed by atoms with van der Waals surface area (Å²) in [7, 11) is 0. The van der Waals surface area contributed by atoms with Crippen molar-refractivity contribution in [3.8, 4) is 0 Å². The van der Waals surface area contributed by atoms with Crippen molar-refractivity contribution < 1.29 is 13.9 Å². The van der Waals surface area contributed by atoms with E-state index >= 15 is 0 Å². The van der Waals surface area contributed by atoms with E-state index in [0.29, 0.717) is 23.2 Å². The molecule has 2 nitrogen and oxygen atoms in total. The predicted molar refractivity (Wildman–Crippen MR) is 79.7 cm³/mol. The summed E-state index contributed by atoms with van der Waals surface area (Å²) in [6.07, 6.45) is -0.0654. The lowest BCUT2D eigenvalue weighted by Crippen LogP contribution is -2.34. The van der Waals surface area contributed by atoms with E-state index in [2.05, 4.69) is 22.6 Å². The van der Waals surface area contributed by atoms with Gasteiger partial charge in [-0.15, -0.1) is 0 Å². The molecule has 0 radical (unpaired) electrons. The van der Waals surface area contributed by atoms with Crippen LogP contribution >= 0.6 is 22.6 Å². The highest BCUT2D eigenvalue weighted by Crippen LogP contribution is 2.31. The van der Waals surface area contributed by atoms with Crippen LogP contribution in [0.5, 0.6) is 0 Å². The quantitative estimate of drug-likeness (QED) is 0.538. The average molecular weight is 366 g/mol. The molecule has 2 atom stereocenters. The Balaban J connectivity index is 2.82. The average Bonchev–Trinajstić information content (AvgIpc) is 2.36. The van der Waals surface area contributed by atoms with E-state index in [9.17, 15) is 4.39 Å². The second kappa shape index (κ2) is 7.40. The van der Waals surface area contributed by atoms with Crippen molar-refractivity contribution in [1.29, 1.82) is 0 Å². The number of ether oxygens (including phenoxy) is 2. The molecule has 102 valence electrons. The number of alkyl halides is 1. The minimum absolute atomic E-state index is 0.0654. The van der Waals surface area contributed by atoms with Gasteiger partial charge in [0.15, 0.2) is 0 Å². The fourth-order valence-electron chi connectivity index (χ4n) is 1.82. The van der Waals surface area contributed by atoms with Gasteiger partial charge in [-0.05, 0) is 26.8 Å². The predicted octanol–water partition coefficient (Wildman–Crippen LogP) is 3.92. The van der Waals surface area contributed by atoms with Gasteiger partial charge in [0.05, 0.1) is 12.7 Å². The van der Waals surface area contributed by atoms with Gasteiger partial charge in [-0.2, -0.15) is 0 Å². The highest BCUT2D eigenvalue weighted by molar-refractivity contribution is 14.1. The molecule has 0 saturated carbocycles. The number of hydrogen-bond donors (Lipinski definition) is 0. The third-order valence-corrected chi connectivity index (χ3v) is 4.17. The van der Waals surface area contributed by atoms with Gasteiger partial charge in [0.2, 0.25) is 0 Å². The molecule has 1 rings (SSSR count). The Morgan fingerprint density at radius 1 is 1.39 bits per heavy atom. The van der Waals surface area contributed by atoms with E-state index in [4.69, 9.17) is 9.47 Å². The van der Waals surface area contributed by atoms with Crippen LogP contribution in [0.2, 0.25) is 0 Å². The van der Waals surface area contributed by atoms with Crippen molar-refractivity contribution in [2.45, 2.75) is 32.5 Å². The Kier molecular flexibility index (Phi) is 6.52. The molecule has 0 spiro atoms. The van der Waals surface area contributed by atoms with Gasteiger partial charge >= 0.3 is 0 Å².